The molecule has 0 amide bonds. The van der Waals surface area contributed by atoms with Crippen LogP contribution in [0.5, 0.6) is 5.75 Å². The summed E-state index contributed by atoms with van der Waals surface area (Å²) in [6, 6.07) is 5.81. The van der Waals surface area contributed by atoms with E-state index in [9.17, 15) is 4.79 Å². The Morgan fingerprint density at radius 1 is 1.06 bits per heavy atom. The fourth-order valence-electron chi connectivity index (χ4n) is 0.654. The van der Waals surface area contributed by atoms with Gasteiger partial charge < -0.3 is 32.3 Å². The summed E-state index contributed by atoms with van der Waals surface area (Å²) < 4.78 is 0. The first-order valence-corrected chi connectivity index (χ1v) is 3.53. The number of nitrogens with zero attached hydrogens (tertiary/aromatic N) is 6. The van der Waals surface area contributed by atoms with Crippen LogP contribution in [0.15, 0.2) is 24.3 Å². The van der Waals surface area contributed by atoms with Gasteiger partial charge in [0.25, 0.3) is 0 Å². The van der Waals surface area contributed by atoms with E-state index in [4.69, 9.17) is 32.3 Å². The topological polar surface area (TPSA) is 175 Å². The zero-order valence-electron chi connectivity index (χ0n) is 8.11. The summed E-state index contributed by atoms with van der Waals surface area (Å²) in [5, 5.41) is 17.3. The second-order valence-electron chi connectivity index (χ2n) is 2.00. The molecule has 0 aliphatic carbocycles. The third-order valence-corrected chi connectivity index (χ3v) is 1.13. The number of aromatic carboxylic acids is 1. The van der Waals surface area contributed by atoms with Gasteiger partial charge in [-0.05, 0) is 12.1 Å². The van der Waals surface area contributed by atoms with Crippen molar-refractivity contribution in [3.63, 3.8) is 0 Å². The molecule has 0 spiro atoms. The number of phenols is 1. The maximum absolute atomic E-state index is 10.3. The van der Waals surface area contributed by atoms with Crippen LogP contribution in [-0.2, 0) is 20.4 Å². The Kier molecular flexibility index (Phi) is 16.4. The summed E-state index contributed by atoms with van der Waals surface area (Å²) >= 11 is 0. The average Bonchev–Trinajstić information content (AvgIpc) is 2.20. The number of hydrogen-bond acceptors (Lipinski definition) is 2. The van der Waals surface area contributed by atoms with Gasteiger partial charge in [0.2, 0.25) is 0 Å². The summed E-state index contributed by atoms with van der Waals surface area (Å²) in [4.78, 5) is 13.3. The van der Waals surface area contributed by atoms with Gasteiger partial charge in [-0.2, -0.15) is 0 Å². The molecular weight excluding hydrogens is 323 g/mol. The minimum Gasteiger partial charge on any atom is -0.507 e. The number of para-hydroxylation sites is 1. The summed E-state index contributed by atoms with van der Waals surface area (Å²) in [6.07, 6.45) is 0. The smallest absolute Gasteiger partial charge is 0.507 e. The molecule has 1 rings (SSSR count). The van der Waals surface area contributed by atoms with Crippen molar-refractivity contribution >= 4 is 5.97 Å². The minimum atomic E-state index is -1.11. The van der Waals surface area contributed by atoms with Crippen LogP contribution in [0.2, 0.25) is 0 Å². The summed E-state index contributed by atoms with van der Waals surface area (Å²) in [6.45, 7) is 0. The predicted octanol–water partition coefficient (Wildman–Crippen LogP) is 2.82. The van der Waals surface area contributed by atoms with E-state index < -0.39 is 5.97 Å². The number of carboxylic acid groups (broad SMARTS) is 1. The Bertz CT molecular complexity index is 400. The van der Waals surface area contributed by atoms with Crippen molar-refractivity contribution in [3.05, 3.63) is 61.8 Å². The Morgan fingerprint density at radius 2 is 1.41 bits per heavy atom. The molecule has 1 aromatic carbocycles. The van der Waals surface area contributed by atoms with Gasteiger partial charge in [0.15, 0.2) is 0 Å². The molecule has 0 aliphatic rings. The molecule has 9 nitrogen and oxygen atoms in total. The van der Waals surface area contributed by atoms with Crippen LogP contribution >= 0.6 is 0 Å². The summed E-state index contributed by atoms with van der Waals surface area (Å²) in [5.41, 5.74) is 26.9. The van der Waals surface area contributed by atoms with Crippen LogP contribution in [0, 0.1) is 0 Å². The van der Waals surface area contributed by atoms with E-state index >= 15 is 0 Å². The van der Waals surface area contributed by atoms with Gasteiger partial charge in [0.1, 0.15) is 11.3 Å². The van der Waals surface area contributed by atoms with Gasteiger partial charge in [0, 0.05) is 0 Å². The molecule has 92 valence electrons. The minimum absolute atomic E-state index is 0. The van der Waals surface area contributed by atoms with Crippen molar-refractivity contribution < 1.29 is 35.4 Å². The number of hydrogen-bond donors (Lipinski definition) is 2. The molecule has 0 aliphatic heterocycles. The number of aromatic hydroxyl groups is 1. The molecule has 0 saturated heterocycles. The predicted molar refractivity (Wildman–Crippen MR) is 55.2 cm³/mol. The van der Waals surface area contributed by atoms with Gasteiger partial charge in [0.05, 0.1) is 0 Å². The van der Waals surface area contributed by atoms with E-state index in [1.807, 2.05) is 0 Å². The molecule has 10 heteroatoms. The largest absolute Gasteiger partial charge is 2.00 e. The fraction of sp³-hybridized carbons (Fsp3) is 0. The van der Waals surface area contributed by atoms with Crippen molar-refractivity contribution in [2.75, 3.05) is 0 Å². The molecule has 0 heterocycles. The van der Waals surface area contributed by atoms with Gasteiger partial charge in [-0.1, -0.05) is 12.1 Å². The van der Waals surface area contributed by atoms with E-state index in [2.05, 4.69) is 0 Å². The zero-order chi connectivity index (χ0) is 13.0. The normalized spacial score (nSPS) is 6.35. The van der Waals surface area contributed by atoms with Gasteiger partial charge in [-0.15, -0.1) is 0 Å². The maximum Gasteiger partial charge on any atom is 2.00 e. The van der Waals surface area contributed by atoms with Crippen molar-refractivity contribution in [2.24, 2.45) is 0 Å². The van der Waals surface area contributed by atoms with Crippen molar-refractivity contribution in [1.29, 1.82) is 0 Å². The third-order valence-electron chi connectivity index (χ3n) is 1.13. The van der Waals surface area contributed by atoms with Gasteiger partial charge in [-0.3, -0.25) is 9.82 Å². The molecule has 0 saturated carbocycles. The maximum atomic E-state index is 10.3. The Morgan fingerprint density at radius 3 is 1.65 bits per heavy atom. The number of carbonyl (C=O) groups is 1. The van der Waals surface area contributed by atoms with Crippen LogP contribution in [-0.4, -0.2) is 16.2 Å². The first kappa shape index (κ1) is 20.2. The molecule has 1 aromatic rings. The Hall–Kier alpha value is -2.23. The summed E-state index contributed by atoms with van der Waals surface area (Å²) in [5.74, 6) is -1.31. The van der Waals surface area contributed by atoms with Crippen molar-refractivity contribution in [1.82, 2.24) is 0 Å². The fourth-order valence-corrected chi connectivity index (χ4v) is 0.654. The molecular formula is C7H6N6O3Pd. The van der Waals surface area contributed by atoms with Gasteiger partial charge >= 0.3 is 26.4 Å². The van der Waals surface area contributed by atoms with Crippen LogP contribution in [0.3, 0.4) is 0 Å². The van der Waals surface area contributed by atoms with Crippen molar-refractivity contribution in [2.45, 2.75) is 0 Å². The quantitative estimate of drug-likeness (QED) is 0.349. The van der Waals surface area contributed by atoms with Crippen LogP contribution < -0.4 is 0 Å². The molecule has 0 aromatic heterocycles. The molecule has 17 heavy (non-hydrogen) atoms. The Labute approximate surface area is 109 Å². The van der Waals surface area contributed by atoms with Crippen molar-refractivity contribution in [3.8, 4) is 5.75 Å². The molecule has 0 fully saturated rings. The van der Waals surface area contributed by atoms with Crippen LogP contribution in [0.4, 0.5) is 0 Å². The molecule has 0 radical (unpaired) electrons. The molecule has 0 unspecified atom stereocenters. The van der Waals surface area contributed by atoms with Crippen LogP contribution in [0.1, 0.15) is 10.4 Å². The SMILES string of the molecule is O=C(O)c1ccccc1O.[N-]=[N+]=[N-].[N-]=[N+]=[N-].[Pd+2]. The standard InChI is InChI=1S/C7H6O3.2N3.Pd/c8-6-4-2-1-3-5(6)7(9)10;2*1-3-2;/h1-4,8H,(H,9,10);;;/q;2*-1;+2. The molecule has 0 bridgehead atoms. The number of carboxylic acids is 1. The van der Waals surface area contributed by atoms with E-state index in [1.54, 1.807) is 12.1 Å². The van der Waals surface area contributed by atoms with Gasteiger partial charge in [-0.25, -0.2) is 4.79 Å². The monoisotopic (exact) mass is 328 g/mol. The van der Waals surface area contributed by atoms with E-state index in [1.165, 1.54) is 22.0 Å². The Balaban J connectivity index is -0.000000240. The molecule has 2 N–H and O–H groups in total. The average molecular weight is 329 g/mol. The molecule has 0 atom stereocenters. The van der Waals surface area contributed by atoms with E-state index in [0.29, 0.717) is 0 Å². The first-order valence-electron chi connectivity index (χ1n) is 3.53. The second kappa shape index (κ2) is 13.8. The number of benzene rings is 1. The zero-order valence-corrected chi connectivity index (χ0v) is 9.67. The summed E-state index contributed by atoms with van der Waals surface area (Å²) in [7, 11) is 0. The number of rotatable bonds is 1. The third kappa shape index (κ3) is 11.7. The van der Waals surface area contributed by atoms with E-state index in [0.717, 1.165) is 0 Å². The second-order valence-corrected chi connectivity index (χ2v) is 2.00. The van der Waals surface area contributed by atoms with E-state index in [-0.39, 0.29) is 31.7 Å². The first-order chi connectivity index (χ1) is 7.54. The van der Waals surface area contributed by atoms with Crippen LogP contribution in [0.25, 0.3) is 31.9 Å².